The number of nitrogens with zero attached hydrogens (tertiary/aromatic N) is 1. The number of anilines is 1. The Kier molecular flexibility index (Phi) is 4.53. The first-order valence-corrected chi connectivity index (χ1v) is 10.4. The van der Waals surface area contributed by atoms with Crippen molar-refractivity contribution in [2.75, 3.05) is 4.72 Å². The number of hydrogen-bond donors (Lipinski definition) is 1. The van der Waals surface area contributed by atoms with Gasteiger partial charge in [0, 0.05) is 8.45 Å². The molecule has 0 radical (unpaired) electrons. The van der Waals surface area contributed by atoms with E-state index in [1.165, 1.54) is 28.9 Å². The molecule has 3 aromatic rings. The van der Waals surface area contributed by atoms with Gasteiger partial charge >= 0.3 is 0 Å². The number of thiophene rings is 1. The molecule has 0 aliphatic rings. The van der Waals surface area contributed by atoms with E-state index >= 15 is 0 Å². The van der Waals surface area contributed by atoms with Crippen molar-refractivity contribution in [3.05, 3.63) is 51.2 Å². The van der Waals surface area contributed by atoms with E-state index in [0.717, 1.165) is 19.0 Å². The maximum Gasteiger partial charge on any atom is 0.272 e. The molecule has 0 aliphatic heterocycles. The lowest BCUT2D eigenvalue weighted by atomic mass is 10.2. The zero-order valence-electron chi connectivity index (χ0n) is 11.4. The third-order valence-corrected chi connectivity index (χ3v) is 7.50. The third kappa shape index (κ3) is 3.50. The van der Waals surface area contributed by atoms with E-state index < -0.39 is 10.0 Å². The molecule has 1 aromatic carbocycles. The molecule has 0 fully saturated rings. The van der Waals surface area contributed by atoms with Gasteiger partial charge in [-0.1, -0.05) is 12.1 Å². The standard InChI is InChI=1S/C14H11IN2O2S3/c1-9-16-8-13(20-9)17-22(18,19)14-7-6-12(21-14)10-2-4-11(15)5-3-10/h2-8,17H,1H3. The lowest BCUT2D eigenvalue weighted by Crippen LogP contribution is -2.10. The maximum absolute atomic E-state index is 12.4. The molecule has 8 heteroatoms. The van der Waals surface area contributed by atoms with E-state index in [-0.39, 0.29) is 0 Å². The molecule has 0 unspecified atom stereocenters. The van der Waals surface area contributed by atoms with Gasteiger partial charge in [-0.15, -0.1) is 22.7 Å². The topological polar surface area (TPSA) is 59.1 Å². The lowest BCUT2D eigenvalue weighted by Gasteiger charge is -2.02. The molecule has 2 heterocycles. The van der Waals surface area contributed by atoms with E-state index in [2.05, 4.69) is 32.3 Å². The fourth-order valence-electron chi connectivity index (χ4n) is 1.83. The number of benzene rings is 1. The number of rotatable bonds is 4. The number of aryl methyl sites for hydroxylation is 1. The summed E-state index contributed by atoms with van der Waals surface area (Å²) in [6, 6.07) is 11.5. The highest BCUT2D eigenvalue weighted by Crippen LogP contribution is 2.32. The first-order valence-electron chi connectivity index (χ1n) is 6.25. The van der Waals surface area contributed by atoms with Crippen LogP contribution in [-0.4, -0.2) is 13.4 Å². The van der Waals surface area contributed by atoms with Crippen LogP contribution in [0.5, 0.6) is 0 Å². The minimum absolute atomic E-state index is 0.298. The molecule has 22 heavy (non-hydrogen) atoms. The van der Waals surface area contributed by atoms with Crippen LogP contribution in [0.3, 0.4) is 0 Å². The summed E-state index contributed by atoms with van der Waals surface area (Å²) in [6.07, 6.45) is 1.53. The van der Waals surface area contributed by atoms with Crippen molar-refractivity contribution < 1.29 is 8.42 Å². The Bertz CT molecular complexity index is 898. The Hall–Kier alpha value is -0.970. The predicted molar refractivity (Wildman–Crippen MR) is 100 cm³/mol. The predicted octanol–water partition coefficient (Wildman–Crippen LogP) is 4.59. The first-order chi connectivity index (χ1) is 10.4. The lowest BCUT2D eigenvalue weighted by molar-refractivity contribution is 0.603. The molecular formula is C14H11IN2O2S3. The number of thiazole rings is 1. The van der Waals surface area contributed by atoms with Crippen molar-refractivity contribution in [3.8, 4) is 10.4 Å². The van der Waals surface area contributed by atoms with Crippen LogP contribution in [0.1, 0.15) is 5.01 Å². The van der Waals surface area contributed by atoms with Crippen LogP contribution < -0.4 is 4.72 Å². The highest BCUT2D eigenvalue weighted by Gasteiger charge is 2.18. The van der Waals surface area contributed by atoms with Gasteiger partial charge in [0.05, 0.1) is 11.2 Å². The zero-order chi connectivity index (χ0) is 15.7. The largest absolute Gasteiger partial charge is 0.272 e. The highest BCUT2D eigenvalue weighted by atomic mass is 127. The Morgan fingerprint density at radius 1 is 1.09 bits per heavy atom. The second-order valence-corrected chi connectivity index (χ2v) is 9.95. The van der Waals surface area contributed by atoms with E-state index in [1.807, 2.05) is 37.3 Å². The quantitative estimate of drug-likeness (QED) is 0.578. The summed E-state index contributed by atoms with van der Waals surface area (Å²) in [5.74, 6) is 0. The summed E-state index contributed by atoms with van der Waals surface area (Å²) < 4.78 is 28.8. The Balaban J connectivity index is 1.87. The second-order valence-electron chi connectivity index (χ2n) is 4.47. The van der Waals surface area contributed by atoms with Gasteiger partial charge in [0.1, 0.15) is 9.21 Å². The summed E-state index contributed by atoms with van der Waals surface area (Å²) in [4.78, 5) is 4.98. The number of aromatic nitrogens is 1. The first kappa shape index (κ1) is 15.9. The van der Waals surface area contributed by atoms with Crippen LogP contribution in [0.15, 0.2) is 46.8 Å². The maximum atomic E-state index is 12.4. The molecule has 0 atom stereocenters. The molecular weight excluding hydrogens is 451 g/mol. The van der Waals surface area contributed by atoms with Gasteiger partial charge in [0.15, 0.2) is 0 Å². The molecule has 2 aromatic heterocycles. The molecule has 0 amide bonds. The molecule has 3 rings (SSSR count). The van der Waals surface area contributed by atoms with E-state index in [9.17, 15) is 8.42 Å². The van der Waals surface area contributed by atoms with Gasteiger partial charge in [0.25, 0.3) is 10.0 Å². The summed E-state index contributed by atoms with van der Waals surface area (Å²) in [6.45, 7) is 1.84. The number of sulfonamides is 1. The van der Waals surface area contributed by atoms with Crippen LogP contribution in [0.2, 0.25) is 0 Å². The van der Waals surface area contributed by atoms with Gasteiger partial charge in [-0.2, -0.15) is 0 Å². The Labute approximate surface area is 150 Å². The van der Waals surface area contributed by atoms with Gasteiger partial charge in [-0.25, -0.2) is 13.4 Å². The second kappa shape index (κ2) is 6.26. The molecule has 114 valence electrons. The molecule has 4 nitrogen and oxygen atoms in total. The summed E-state index contributed by atoms with van der Waals surface area (Å²) in [7, 11) is -3.56. The molecule has 0 saturated heterocycles. The summed E-state index contributed by atoms with van der Waals surface area (Å²) in [5, 5.41) is 1.35. The number of hydrogen-bond acceptors (Lipinski definition) is 5. The number of halogens is 1. The molecule has 1 N–H and O–H groups in total. The van der Waals surface area contributed by atoms with E-state index in [1.54, 1.807) is 6.07 Å². The minimum atomic E-state index is -3.56. The smallest absolute Gasteiger partial charge is 0.268 e. The zero-order valence-corrected chi connectivity index (χ0v) is 16.0. The molecule has 0 aliphatic carbocycles. The fourth-order valence-corrected chi connectivity index (χ4v) is 5.45. The summed E-state index contributed by atoms with van der Waals surface area (Å²) in [5.41, 5.74) is 1.01. The van der Waals surface area contributed by atoms with Crippen LogP contribution in [-0.2, 0) is 10.0 Å². The average Bonchev–Trinajstić information content (AvgIpc) is 3.09. The highest BCUT2D eigenvalue weighted by molar-refractivity contribution is 14.1. The van der Waals surface area contributed by atoms with Crippen molar-refractivity contribution in [2.24, 2.45) is 0 Å². The van der Waals surface area contributed by atoms with Crippen molar-refractivity contribution in [3.63, 3.8) is 0 Å². The Morgan fingerprint density at radius 3 is 2.45 bits per heavy atom. The van der Waals surface area contributed by atoms with Crippen molar-refractivity contribution >= 4 is 60.3 Å². The third-order valence-electron chi connectivity index (χ3n) is 2.83. The number of nitrogens with one attached hydrogen (secondary N) is 1. The molecule has 0 spiro atoms. The van der Waals surface area contributed by atoms with Crippen molar-refractivity contribution in [2.45, 2.75) is 11.1 Å². The normalized spacial score (nSPS) is 11.5. The Morgan fingerprint density at radius 2 is 1.82 bits per heavy atom. The SMILES string of the molecule is Cc1ncc(NS(=O)(=O)c2ccc(-c3ccc(I)cc3)s2)s1. The summed E-state index contributed by atoms with van der Waals surface area (Å²) >= 11 is 4.81. The fraction of sp³-hybridized carbons (Fsp3) is 0.0714. The van der Waals surface area contributed by atoms with E-state index in [0.29, 0.717) is 9.21 Å². The van der Waals surface area contributed by atoms with Gasteiger partial charge < -0.3 is 0 Å². The molecule has 0 saturated carbocycles. The van der Waals surface area contributed by atoms with Crippen molar-refractivity contribution in [1.29, 1.82) is 0 Å². The van der Waals surface area contributed by atoms with E-state index in [4.69, 9.17) is 0 Å². The van der Waals surface area contributed by atoms with Gasteiger partial charge in [0.2, 0.25) is 0 Å². The van der Waals surface area contributed by atoms with Gasteiger partial charge in [-0.3, -0.25) is 4.72 Å². The average molecular weight is 462 g/mol. The van der Waals surface area contributed by atoms with Gasteiger partial charge in [-0.05, 0) is 59.3 Å². The van der Waals surface area contributed by atoms with Crippen LogP contribution in [0.4, 0.5) is 5.00 Å². The van der Waals surface area contributed by atoms with Crippen LogP contribution in [0, 0.1) is 10.5 Å². The monoisotopic (exact) mass is 462 g/mol. The molecule has 0 bridgehead atoms. The van der Waals surface area contributed by atoms with Crippen LogP contribution >= 0.6 is 45.3 Å². The minimum Gasteiger partial charge on any atom is -0.268 e. The van der Waals surface area contributed by atoms with Crippen LogP contribution in [0.25, 0.3) is 10.4 Å². The van der Waals surface area contributed by atoms with Crippen molar-refractivity contribution in [1.82, 2.24) is 4.98 Å².